The lowest BCUT2D eigenvalue weighted by Gasteiger charge is -2.46. The van der Waals surface area contributed by atoms with Crippen LogP contribution in [-0.2, 0) is 4.74 Å². The Bertz CT molecular complexity index is 321. The van der Waals surface area contributed by atoms with Crippen LogP contribution in [0.4, 0.5) is 4.79 Å². The van der Waals surface area contributed by atoms with Gasteiger partial charge in [0.1, 0.15) is 5.60 Å². The van der Waals surface area contributed by atoms with Gasteiger partial charge < -0.3 is 15.4 Å². The Morgan fingerprint density at radius 1 is 1.26 bits per heavy atom. The van der Waals surface area contributed by atoms with Gasteiger partial charge in [-0.15, -0.1) is 0 Å². The predicted molar refractivity (Wildman–Crippen MR) is 75.8 cm³/mol. The van der Waals surface area contributed by atoms with E-state index in [2.05, 4.69) is 0 Å². The van der Waals surface area contributed by atoms with Gasteiger partial charge in [0.05, 0.1) is 0 Å². The number of likely N-dealkylation sites (tertiary alicyclic amines) is 1. The van der Waals surface area contributed by atoms with E-state index >= 15 is 0 Å². The Balaban J connectivity index is 2.03. The van der Waals surface area contributed by atoms with E-state index in [0.717, 1.165) is 19.4 Å². The van der Waals surface area contributed by atoms with E-state index in [1.807, 2.05) is 25.7 Å². The average molecular weight is 268 g/mol. The summed E-state index contributed by atoms with van der Waals surface area (Å²) in [6.45, 7) is 7.21. The van der Waals surface area contributed by atoms with Crippen molar-refractivity contribution in [2.24, 2.45) is 17.6 Å². The minimum absolute atomic E-state index is 0.150. The standard InChI is InChI=1S/C15H28N2O2/c1-15(2,3)19-14(18)17-10-11(9-16)7-8-13(17)12-5-4-6-12/h11-13H,4-10,16H2,1-3H3. The molecular weight excluding hydrogens is 240 g/mol. The van der Waals surface area contributed by atoms with Crippen LogP contribution in [0.2, 0.25) is 0 Å². The molecule has 1 saturated carbocycles. The topological polar surface area (TPSA) is 55.6 Å². The number of carbonyl (C=O) groups is 1. The third kappa shape index (κ3) is 3.62. The minimum atomic E-state index is -0.420. The van der Waals surface area contributed by atoms with E-state index in [1.54, 1.807) is 0 Å². The fourth-order valence-corrected chi connectivity index (χ4v) is 3.10. The maximum atomic E-state index is 12.4. The second-order valence-electron chi connectivity index (χ2n) is 7.07. The molecule has 0 aromatic carbocycles. The maximum absolute atomic E-state index is 12.4. The molecule has 4 heteroatoms. The van der Waals surface area contributed by atoms with Crippen LogP contribution in [0.15, 0.2) is 0 Å². The first kappa shape index (κ1) is 14.6. The van der Waals surface area contributed by atoms with Gasteiger partial charge >= 0.3 is 6.09 Å². The van der Waals surface area contributed by atoms with Gasteiger partial charge in [0.15, 0.2) is 0 Å². The van der Waals surface area contributed by atoms with E-state index in [-0.39, 0.29) is 6.09 Å². The summed E-state index contributed by atoms with van der Waals surface area (Å²) in [4.78, 5) is 14.4. The number of rotatable bonds is 2. The van der Waals surface area contributed by atoms with Crippen LogP contribution in [0.3, 0.4) is 0 Å². The molecule has 2 fully saturated rings. The van der Waals surface area contributed by atoms with Crippen LogP contribution in [-0.4, -0.2) is 35.7 Å². The highest BCUT2D eigenvalue weighted by molar-refractivity contribution is 5.68. The maximum Gasteiger partial charge on any atom is 0.410 e. The van der Waals surface area contributed by atoms with Crippen LogP contribution in [0.5, 0.6) is 0 Å². The molecule has 2 N–H and O–H groups in total. The van der Waals surface area contributed by atoms with Crippen LogP contribution in [0.1, 0.15) is 52.9 Å². The molecule has 2 unspecified atom stereocenters. The van der Waals surface area contributed by atoms with Crippen LogP contribution >= 0.6 is 0 Å². The van der Waals surface area contributed by atoms with Crippen LogP contribution in [0, 0.1) is 11.8 Å². The van der Waals surface area contributed by atoms with Crippen molar-refractivity contribution in [3.05, 3.63) is 0 Å². The van der Waals surface area contributed by atoms with Crippen molar-refractivity contribution in [3.63, 3.8) is 0 Å². The molecule has 0 aromatic rings. The Kier molecular flexibility index (Phi) is 4.39. The summed E-state index contributed by atoms with van der Waals surface area (Å²) in [5.41, 5.74) is 5.36. The highest BCUT2D eigenvalue weighted by Crippen LogP contribution is 2.38. The summed E-state index contributed by atoms with van der Waals surface area (Å²) >= 11 is 0. The van der Waals surface area contributed by atoms with Crippen molar-refractivity contribution in [3.8, 4) is 0 Å². The molecule has 1 amide bonds. The van der Waals surface area contributed by atoms with E-state index in [4.69, 9.17) is 10.5 Å². The van der Waals surface area contributed by atoms with E-state index in [1.165, 1.54) is 19.3 Å². The van der Waals surface area contributed by atoms with E-state index in [9.17, 15) is 4.79 Å². The highest BCUT2D eigenvalue weighted by Gasteiger charge is 2.39. The first-order valence-corrected chi connectivity index (χ1v) is 7.60. The smallest absolute Gasteiger partial charge is 0.410 e. The van der Waals surface area contributed by atoms with Crippen molar-refractivity contribution in [1.82, 2.24) is 4.90 Å². The van der Waals surface area contributed by atoms with Crippen LogP contribution < -0.4 is 5.73 Å². The van der Waals surface area contributed by atoms with Gasteiger partial charge in [0.25, 0.3) is 0 Å². The summed E-state index contributed by atoms with van der Waals surface area (Å²) in [5, 5.41) is 0. The molecule has 1 saturated heterocycles. The number of nitrogens with two attached hydrogens (primary N) is 1. The van der Waals surface area contributed by atoms with Gasteiger partial charge in [-0.1, -0.05) is 6.42 Å². The predicted octanol–water partition coefficient (Wildman–Crippen LogP) is 2.76. The fourth-order valence-electron chi connectivity index (χ4n) is 3.10. The van der Waals surface area contributed by atoms with Crippen molar-refractivity contribution in [2.75, 3.05) is 13.1 Å². The second kappa shape index (κ2) is 5.70. The first-order valence-electron chi connectivity index (χ1n) is 7.60. The fraction of sp³-hybridized carbons (Fsp3) is 0.933. The zero-order chi connectivity index (χ0) is 14.0. The van der Waals surface area contributed by atoms with Crippen molar-refractivity contribution < 1.29 is 9.53 Å². The summed E-state index contributed by atoms with van der Waals surface area (Å²) in [6, 6.07) is 0.381. The van der Waals surface area contributed by atoms with Gasteiger partial charge in [-0.3, -0.25) is 0 Å². The molecule has 0 aromatic heterocycles. The second-order valence-corrected chi connectivity index (χ2v) is 7.07. The monoisotopic (exact) mass is 268 g/mol. The zero-order valence-electron chi connectivity index (χ0n) is 12.5. The number of ether oxygens (including phenoxy) is 1. The summed E-state index contributed by atoms with van der Waals surface area (Å²) in [6.07, 6.45) is 5.92. The number of carbonyl (C=O) groups excluding carboxylic acids is 1. The van der Waals surface area contributed by atoms with Crippen LogP contribution in [0.25, 0.3) is 0 Å². The molecule has 1 heterocycles. The van der Waals surface area contributed by atoms with Crippen molar-refractivity contribution in [1.29, 1.82) is 0 Å². The Hall–Kier alpha value is -0.770. The van der Waals surface area contributed by atoms with Gasteiger partial charge in [0.2, 0.25) is 0 Å². The van der Waals surface area contributed by atoms with Crippen molar-refractivity contribution >= 4 is 6.09 Å². The van der Waals surface area contributed by atoms with Gasteiger partial charge in [-0.05, 0) is 64.8 Å². The number of hydrogen-bond donors (Lipinski definition) is 1. The molecule has 2 rings (SSSR count). The number of nitrogens with zero attached hydrogens (tertiary/aromatic N) is 1. The average Bonchev–Trinajstić information content (AvgIpc) is 2.24. The largest absolute Gasteiger partial charge is 0.444 e. The zero-order valence-corrected chi connectivity index (χ0v) is 12.5. The third-order valence-corrected chi connectivity index (χ3v) is 4.38. The van der Waals surface area contributed by atoms with Gasteiger partial charge in [-0.2, -0.15) is 0 Å². The summed E-state index contributed by atoms with van der Waals surface area (Å²) < 4.78 is 5.57. The lowest BCUT2D eigenvalue weighted by atomic mass is 9.75. The molecule has 0 spiro atoms. The van der Waals surface area contributed by atoms with Gasteiger partial charge in [-0.25, -0.2) is 4.79 Å². The third-order valence-electron chi connectivity index (χ3n) is 4.38. The SMILES string of the molecule is CC(C)(C)OC(=O)N1CC(CN)CCC1C1CCC1. The highest BCUT2D eigenvalue weighted by atomic mass is 16.6. The Labute approximate surface area is 116 Å². The Morgan fingerprint density at radius 3 is 2.42 bits per heavy atom. The summed E-state index contributed by atoms with van der Waals surface area (Å²) in [7, 11) is 0. The first-order chi connectivity index (χ1) is 8.90. The lowest BCUT2D eigenvalue weighted by Crippen LogP contribution is -2.53. The number of hydrogen-bond acceptors (Lipinski definition) is 3. The molecular formula is C15H28N2O2. The summed E-state index contributed by atoms with van der Waals surface area (Å²) in [5.74, 6) is 1.12. The Morgan fingerprint density at radius 2 is 1.95 bits per heavy atom. The van der Waals surface area contributed by atoms with E-state index in [0.29, 0.717) is 24.4 Å². The molecule has 2 atom stereocenters. The number of amides is 1. The van der Waals surface area contributed by atoms with E-state index < -0.39 is 5.60 Å². The quantitative estimate of drug-likeness (QED) is 0.838. The molecule has 110 valence electrons. The molecule has 0 radical (unpaired) electrons. The number of piperidine rings is 1. The normalized spacial score (nSPS) is 28.9. The minimum Gasteiger partial charge on any atom is -0.444 e. The molecule has 19 heavy (non-hydrogen) atoms. The molecule has 2 aliphatic rings. The van der Waals surface area contributed by atoms with Crippen molar-refractivity contribution in [2.45, 2.75) is 64.5 Å². The molecule has 0 bridgehead atoms. The molecule has 4 nitrogen and oxygen atoms in total. The lowest BCUT2D eigenvalue weighted by molar-refractivity contribution is -0.0140. The molecule has 1 aliphatic heterocycles. The van der Waals surface area contributed by atoms with Gasteiger partial charge in [0, 0.05) is 12.6 Å². The molecule has 1 aliphatic carbocycles.